The lowest BCUT2D eigenvalue weighted by Crippen LogP contribution is -2.44. The van der Waals surface area contributed by atoms with Crippen LogP contribution in [0.25, 0.3) is 0 Å². The van der Waals surface area contributed by atoms with Gasteiger partial charge in [0.25, 0.3) is 0 Å². The molecule has 1 aromatic rings. The van der Waals surface area contributed by atoms with Gasteiger partial charge in [0.15, 0.2) is 0 Å². The Morgan fingerprint density at radius 3 is 2.55 bits per heavy atom. The first kappa shape index (κ1) is 16.1. The number of hydrogen-bond acceptors (Lipinski definition) is 3. The van der Waals surface area contributed by atoms with Crippen LogP contribution in [0.4, 0.5) is 14.9 Å². The zero-order valence-electron chi connectivity index (χ0n) is 12.2. The molecule has 0 aliphatic heterocycles. The van der Waals surface area contributed by atoms with E-state index in [4.69, 9.17) is 4.74 Å². The van der Waals surface area contributed by atoms with Gasteiger partial charge >= 0.3 is 6.09 Å². The molecule has 1 aromatic carbocycles. The van der Waals surface area contributed by atoms with Crippen LogP contribution >= 0.6 is 0 Å². The van der Waals surface area contributed by atoms with Gasteiger partial charge < -0.3 is 9.53 Å². The van der Waals surface area contributed by atoms with Crippen LogP contribution in [-0.2, 0) is 9.53 Å². The normalized spacial score (nSPS) is 12.7. The van der Waals surface area contributed by atoms with E-state index >= 15 is 0 Å². The zero-order chi connectivity index (χ0) is 15.3. The van der Waals surface area contributed by atoms with Crippen molar-refractivity contribution in [1.82, 2.24) is 0 Å². The SMILES string of the molecule is CCC(C=O)N(C(=O)OC(C)(C)C)c1cccc(F)c1. The first-order valence-electron chi connectivity index (χ1n) is 6.51. The third-order valence-corrected chi connectivity index (χ3v) is 2.58. The van der Waals surface area contributed by atoms with Crippen molar-refractivity contribution >= 4 is 18.1 Å². The van der Waals surface area contributed by atoms with E-state index in [1.807, 2.05) is 0 Å². The van der Waals surface area contributed by atoms with Crippen LogP contribution in [0.2, 0.25) is 0 Å². The van der Waals surface area contributed by atoms with Gasteiger partial charge in [0, 0.05) is 0 Å². The first-order valence-corrected chi connectivity index (χ1v) is 6.51. The lowest BCUT2D eigenvalue weighted by molar-refractivity contribution is -0.109. The molecule has 1 atom stereocenters. The number of carbonyl (C=O) groups is 2. The van der Waals surface area contributed by atoms with E-state index < -0.39 is 23.6 Å². The van der Waals surface area contributed by atoms with Crippen molar-refractivity contribution in [2.45, 2.75) is 45.8 Å². The molecule has 0 bridgehead atoms. The number of halogens is 1. The molecule has 20 heavy (non-hydrogen) atoms. The van der Waals surface area contributed by atoms with Crippen molar-refractivity contribution in [3.05, 3.63) is 30.1 Å². The standard InChI is InChI=1S/C15H20FNO3/c1-5-12(10-18)17(14(19)20-15(2,3)4)13-8-6-7-11(16)9-13/h6-10,12H,5H2,1-4H3. The summed E-state index contributed by atoms with van der Waals surface area (Å²) in [6, 6.07) is 4.85. The molecule has 5 heteroatoms. The maximum absolute atomic E-state index is 13.3. The second kappa shape index (κ2) is 6.50. The quantitative estimate of drug-likeness (QED) is 0.793. The number of anilines is 1. The van der Waals surface area contributed by atoms with Crippen LogP contribution in [0.15, 0.2) is 24.3 Å². The average Bonchev–Trinajstić information content (AvgIpc) is 2.33. The fraction of sp³-hybridized carbons (Fsp3) is 0.467. The molecule has 0 N–H and O–H groups in total. The number of benzene rings is 1. The molecule has 0 saturated carbocycles. The summed E-state index contributed by atoms with van der Waals surface area (Å²) in [6.45, 7) is 6.97. The fourth-order valence-corrected chi connectivity index (χ4v) is 1.71. The molecule has 0 radical (unpaired) electrons. The van der Waals surface area contributed by atoms with Crippen molar-refractivity contribution in [2.75, 3.05) is 4.90 Å². The Hall–Kier alpha value is -1.91. The van der Waals surface area contributed by atoms with E-state index in [0.717, 1.165) is 0 Å². The number of ether oxygens (including phenoxy) is 1. The van der Waals surface area contributed by atoms with Crippen molar-refractivity contribution in [1.29, 1.82) is 0 Å². The highest BCUT2D eigenvalue weighted by molar-refractivity contribution is 5.92. The van der Waals surface area contributed by atoms with Gasteiger partial charge in [-0.1, -0.05) is 13.0 Å². The van der Waals surface area contributed by atoms with Gasteiger partial charge in [0.2, 0.25) is 0 Å². The summed E-state index contributed by atoms with van der Waals surface area (Å²) in [5.74, 6) is -0.475. The van der Waals surface area contributed by atoms with Gasteiger partial charge in [0.05, 0.1) is 11.7 Å². The van der Waals surface area contributed by atoms with E-state index in [0.29, 0.717) is 18.4 Å². The topological polar surface area (TPSA) is 46.6 Å². The van der Waals surface area contributed by atoms with Crippen molar-refractivity contribution < 1.29 is 18.7 Å². The minimum Gasteiger partial charge on any atom is -0.443 e. The van der Waals surface area contributed by atoms with Crippen LogP contribution in [0.5, 0.6) is 0 Å². The Kier molecular flexibility index (Phi) is 5.25. The summed E-state index contributed by atoms with van der Waals surface area (Å²) in [5.41, 5.74) is -0.387. The number of amides is 1. The lowest BCUT2D eigenvalue weighted by atomic mass is 10.1. The third-order valence-electron chi connectivity index (χ3n) is 2.58. The molecule has 1 unspecified atom stereocenters. The van der Waals surface area contributed by atoms with E-state index in [1.54, 1.807) is 33.8 Å². The van der Waals surface area contributed by atoms with Crippen molar-refractivity contribution in [2.24, 2.45) is 0 Å². The van der Waals surface area contributed by atoms with Crippen molar-refractivity contribution in [3.63, 3.8) is 0 Å². The van der Waals surface area contributed by atoms with Crippen LogP contribution < -0.4 is 4.90 Å². The maximum atomic E-state index is 13.3. The van der Waals surface area contributed by atoms with E-state index in [-0.39, 0.29) is 0 Å². The number of rotatable bonds is 4. The fourth-order valence-electron chi connectivity index (χ4n) is 1.71. The summed E-state index contributed by atoms with van der Waals surface area (Å²) < 4.78 is 18.6. The Bertz CT molecular complexity index is 482. The average molecular weight is 281 g/mol. The zero-order valence-corrected chi connectivity index (χ0v) is 12.2. The van der Waals surface area contributed by atoms with E-state index in [1.165, 1.54) is 23.1 Å². The Morgan fingerprint density at radius 1 is 1.45 bits per heavy atom. The lowest BCUT2D eigenvalue weighted by Gasteiger charge is -2.30. The molecule has 0 heterocycles. The van der Waals surface area contributed by atoms with Crippen LogP contribution in [-0.4, -0.2) is 24.0 Å². The summed E-state index contributed by atoms with van der Waals surface area (Å²) in [4.78, 5) is 24.6. The minimum atomic E-state index is -0.691. The summed E-state index contributed by atoms with van der Waals surface area (Å²) in [6.07, 6.45) is 0.413. The Morgan fingerprint density at radius 2 is 2.10 bits per heavy atom. The molecule has 0 fully saturated rings. The molecular weight excluding hydrogens is 261 g/mol. The molecule has 1 rings (SSSR count). The Labute approximate surface area is 118 Å². The molecular formula is C15H20FNO3. The van der Waals surface area contributed by atoms with Gasteiger partial charge in [0.1, 0.15) is 17.7 Å². The highest BCUT2D eigenvalue weighted by atomic mass is 19.1. The molecule has 0 aliphatic carbocycles. The van der Waals surface area contributed by atoms with Crippen LogP contribution in [0, 0.1) is 5.82 Å². The molecule has 0 aliphatic rings. The second-order valence-corrected chi connectivity index (χ2v) is 5.44. The molecule has 0 aromatic heterocycles. The predicted molar refractivity (Wildman–Crippen MR) is 75.3 cm³/mol. The maximum Gasteiger partial charge on any atom is 0.415 e. The number of carbonyl (C=O) groups excluding carboxylic acids is 2. The number of hydrogen-bond donors (Lipinski definition) is 0. The van der Waals surface area contributed by atoms with Crippen LogP contribution in [0.1, 0.15) is 34.1 Å². The van der Waals surface area contributed by atoms with Gasteiger partial charge in [-0.15, -0.1) is 0 Å². The number of nitrogens with zero attached hydrogens (tertiary/aromatic N) is 1. The smallest absolute Gasteiger partial charge is 0.415 e. The molecule has 0 saturated heterocycles. The summed E-state index contributed by atoms with van der Waals surface area (Å²) >= 11 is 0. The molecule has 110 valence electrons. The summed E-state index contributed by atoms with van der Waals surface area (Å²) in [5, 5.41) is 0. The largest absolute Gasteiger partial charge is 0.443 e. The highest BCUT2D eigenvalue weighted by Gasteiger charge is 2.28. The monoisotopic (exact) mass is 281 g/mol. The van der Waals surface area contributed by atoms with Gasteiger partial charge in [-0.3, -0.25) is 4.90 Å². The summed E-state index contributed by atoms with van der Waals surface area (Å²) in [7, 11) is 0. The molecule has 0 spiro atoms. The van der Waals surface area contributed by atoms with Gasteiger partial charge in [-0.25, -0.2) is 9.18 Å². The van der Waals surface area contributed by atoms with Crippen LogP contribution in [0.3, 0.4) is 0 Å². The second-order valence-electron chi connectivity index (χ2n) is 5.44. The minimum absolute atomic E-state index is 0.304. The highest BCUT2D eigenvalue weighted by Crippen LogP contribution is 2.22. The first-order chi connectivity index (χ1) is 9.28. The van der Waals surface area contributed by atoms with E-state index in [2.05, 4.69) is 0 Å². The predicted octanol–water partition coefficient (Wildman–Crippen LogP) is 3.54. The van der Waals surface area contributed by atoms with Crippen molar-refractivity contribution in [3.8, 4) is 0 Å². The number of aldehydes is 1. The molecule has 1 amide bonds. The van der Waals surface area contributed by atoms with Gasteiger partial charge in [-0.2, -0.15) is 0 Å². The Balaban J connectivity index is 3.15. The third kappa shape index (κ3) is 4.33. The van der Waals surface area contributed by atoms with E-state index in [9.17, 15) is 14.0 Å². The van der Waals surface area contributed by atoms with Gasteiger partial charge in [-0.05, 0) is 45.4 Å². The molecule has 4 nitrogen and oxygen atoms in total.